The molecule has 0 fully saturated rings. The monoisotopic (exact) mass is 518 g/mol. The number of nitrogens with zero attached hydrogens (tertiary/aromatic N) is 2. The zero-order chi connectivity index (χ0) is 24.5. The maximum absolute atomic E-state index is 12.4. The van der Waals surface area contributed by atoms with Crippen molar-refractivity contribution in [2.45, 2.75) is 39.7 Å². The Kier molecular flexibility index (Phi) is 10.2. The van der Waals surface area contributed by atoms with Gasteiger partial charge in [-0.15, -0.1) is 11.3 Å². The maximum atomic E-state index is 12.4. The lowest BCUT2D eigenvalue weighted by molar-refractivity contribution is -0.120. The van der Waals surface area contributed by atoms with Crippen LogP contribution in [0.3, 0.4) is 0 Å². The fraction of sp³-hybridized carbons (Fsp3) is 0.385. The van der Waals surface area contributed by atoms with E-state index in [2.05, 4.69) is 36.2 Å². The molecule has 2 aromatic carbocycles. The van der Waals surface area contributed by atoms with E-state index in [0.717, 1.165) is 29.2 Å². The Hall–Kier alpha value is -2.12. The summed E-state index contributed by atoms with van der Waals surface area (Å²) < 4.78 is 0. The number of hydrogen-bond acceptors (Lipinski definition) is 5. The molecule has 182 valence electrons. The van der Waals surface area contributed by atoms with Crippen LogP contribution in [0.4, 0.5) is 5.13 Å². The van der Waals surface area contributed by atoms with Gasteiger partial charge in [0.1, 0.15) is 0 Å². The van der Waals surface area contributed by atoms with Crippen molar-refractivity contribution in [3.8, 4) is 11.3 Å². The normalized spacial score (nSPS) is 11.1. The second kappa shape index (κ2) is 13.1. The number of thiazole rings is 1. The third-order valence-electron chi connectivity index (χ3n) is 5.27. The number of rotatable bonds is 12. The van der Waals surface area contributed by atoms with E-state index >= 15 is 0 Å². The van der Waals surface area contributed by atoms with Crippen molar-refractivity contribution in [2.75, 3.05) is 24.5 Å². The van der Waals surface area contributed by atoms with Crippen molar-refractivity contribution < 1.29 is 4.79 Å². The van der Waals surface area contributed by atoms with E-state index in [0.29, 0.717) is 48.6 Å². The van der Waals surface area contributed by atoms with Crippen LogP contribution >= 0.6 is 34.5 Å². The van der Waals surface area contributed by atoms with Gasteiger partial charge in [-0.2, -0.15) is 0 Å². The predicted molar refractivity (Wildman–Crippen MR) is 145 cm³/mol. The Morgan fingerprint density at radius 3 is 2.59 bits per heavy atom. The number of halogens is 2. The van der Waals surface area contributed by atoms with Crippen LogP contribution in [0.15, 0.2) is 48.5 Å². The van der Waals surface area contributed by atoms with Crippen molar-refractivity contribution in [2.24, 2.45) is 11.7 Å². The van der Waals surface area contributed by atoms with Crippen molar-refractivity contribution in [3.63, 3.8) is 0 Å². The molecule has 0 aliphatic carbocycles. The number of carbonyl (C=O) groups excluding carboxylic acids is 1. The van der Waals surface area contributed by atoms with Gasteiger partial charge in [0, 0.05) is 36.5 Å². The number of nitrogens with two attached hydrogens (primary N) is 1. The molecule has 5 nitrogen and oxygen atoms in total. The molecule has 0 aliphatic rings. The molecule has 1 heterocycles. The lowest BCUT2D eigenvalue weighted by Crippen LogP contribution is -2.31. The Labute approximate surface area is 216 Å². The van der Waals surface area contributed by atoms with E-state index in [9.17, 15) is 4.79 Å². The first-order chi connectivity index (χ1) is 16.4. The van der Waals surface area contributed by atoms with E-state index in [1.165, 1.54) is 10.4 Å². The molecule has 0 unspecified atom stereocenters. The summed E-state index contributed by atoms with van der Waals surface area (Å²) in [5, 5.41) is 4.88. The topological polar surface area (TPSA) is 71.2 Å². The van der Waals surface area contributed by atoms with Crippen LogP contribution in [0.1, 0.15) is 37.1 Å². The average molecular weight is 520 g/mol. The summed E-state index contributed by atoms with van der Waals surface area (Å²) in [5.74, 6) is 0.501. The van der Waals surface area contributed by atoms with Gasteiger partial charge in [0.2, 0.25) is 5.91 Å². The highest BCUT2D eigenvalue weighted by Gasteiger charge is 2.20. The lowest BCUT2D eigenvalue weighted by atomic mass is 10.0. The molecule has 0 radical (unpaired) electrons. The minimum Gasteiger partial charge on any atom is -0.356 e. The van der Waals surface area contributed by atoms with Crippen LogP contribution in [0.25, 0.3) is 11.3 Å². The van der Waals surface area contributed by atoms with E-state index in [-0.39, 0.29) is 5.91 Å². The van der Waals surface area contributed by atoms with Crippen molar-refractivity contribution in [3.05, 3.63) is 69.0 Å². The van der Waals surface area contributed by atoms with Crippen molar-refractivity contribution >= 4 is 45.6 Å². The number of nitrogens with one attached hydrogen (secondary N) is 1. The molecular weight excluding hydrogens is 487 g/mol. The highest BCUT2D eigenvalue weighted by Crippen LogP contribution is 2.37. The number of hydrogen-bond donors (Lipinski definition) is 2. The molecule has 0 saturated heterocycles. The number of carbonyl (C=O) groups is 1. The zero-order valence-corrected chi connectivity index (χ0v) is 22.0. The predicted octanol–water partition coefficient (Wildman–Crippen LogP) is 6.18. The molecule has 1 amide bonds. The summed E-state index contributed by atoms with van der Waals surface area (Å²) in [6.07, 6.45) is 2.07. The Bertz CT molecular complexity index is 1070. The number of aromatic nitrogens is 1. The third kappa shape index (κ3) is 7.70. The third-order valence-corrected chi connectivity index (χ3v) is 7.15. The van der Waals surface area contributed by atoms with Crippen LogP contribution in [0, 0.1) is 5.92 Å². The zero-order valence-electron chi connectivity index (χ0n) is 19.7. The first kappa shape index (κ1) is 26.5. The largest absolute Gasteiger partial charge is 0.356 e. The molecule has 0 spiro atoms. The molecule has 8 heteroatoms. The average Bonchev–Trinajstić information content (AvgIpc) is 3.22. The lowest BCUT2D eigenvalue weighted by Gasteiger charge is -2.22. The van der Waals surface area contributed by atoms with Gasteiger partial charge in [-0.1, -0.05) is 73.4 Å². The highest BCUT2D eigenvalue weighted by molar-refractivity contribution is 7.16. The summed E-state index contributed by atoms with van der Waals surface area (Å²) in [6.45, 7) is 6.81. The minimum atomic E-state index is 0.0233. The highest BCUT2D eigenvalue weighted by atomic mass is 35.5. The van der Waals surface area contributed by atoms with E-state index in [1.807, 2.05) is 36.4 Å². The van der Waals surface area contributed by atoms with Gasteiger partial charge in [-0.3, -0.25) is 4.79 Å². The van der Waals surface area contributed by atoms with Crippen LogP contribution in [-0.4, -0.2) is 30.5 Å². The fourth-order valence-corrected chi connectivity index (χ4v) is 5.17. The van der Waals surface area contributed by atoms with Gasteiger partial charge in [-0.05, 0) is 43.0 Å². The van der Waals surface area contributed by atoms with Gasteiger partial charge >= 0.3 is 0 Å². The van der Waals surface area contributed by atoms with Gasteiger partial charge in [0.15, 0.2) is 5.13 Å². The molecule has 34 heavy (non-hydrogen) atoms. The van der Waals surface area contributed by atoms with Crippen LogP contribution in [0.5, 0.6) is 0 Å². The van der Waals surface area contributed by atoms with Gasteiger partial charge in [0.05, 0.1) is 15.7 Å². The standard InChI is InChI=1S/C26H32Cl2N4OS/c1-18(2)15-23-25(20-9-10-21(27)22(28)16-20)31-26(34-23)32(17-19-7-4-3-5-8-19)14-11-24(33)30-13-6-12-29/h3-5,7-10,16,18H,6,11-15,17,29H2,1-2H3,(H,30,33). The Morgan fingerprint density at radius 1 is 1.15 bits per heavy atom. The van der Waals surface area contributed by atoms with Gasteiger partial charge in [0.25, 0.3) is 0 Å². The maximum Gasteiger partial charge on any atom is 0.221 e. The van der Waals surface area contributed by atoms with Crippen molar-refractivity contribution in [1.29, 1.82) is 0 Å². The molecule has 0 saturated carbocycles. The van der Waals surface area contributed by atoms with E-state index in [4.69, 9.17) is 33.9 Å². The molecule has 0 aliphatic heterocycles. The SMILES string of the molecule is CC(C)Cc1sc(N(CCC(=O)NCCCN)Cc2ccccc2)nc1-c1ccc(Cl)c(Cl)c1. The molecular formula is C26H32Cl2N4OS. The number of amides is 1. The molecule has 3 rings (SSSR count). The first-order valence-corrected chi connectivity index (χ1v) is 13.2. The van der Waals surface area contributed by atoms with Crippen LogP contribution in [-0.2, 0) is 17.8 Å². The molecule has 0 bridgehead atoms. The molecule has 3 N–H and O–H groups in total. The molecule has 3 aromatic rings. The van der Waals surface area contributed by atoms with Crippen molar-refractivity contribution in [1.82, 2.24) is 10.3 Å². The summed E-state index contributed by atoms with van der Waals surface area (Å²) >= 11 is 14.2. The van der Waals surface area contributed by atoms with Crippen LogP contribution < -0.4 is 16.0 Å². The smallest absolute Gasteiger partial charge is 0.221 e. The second-order valence-electron chi connectivity index (χ2n) is 8.64. The second-order valence-corrected chi connectivity index (χ2v) is 10.5. The minimum absolute atomic E-state index is 0.0233. The first-order valence-electron chi connectivity index (χ1n) is 11.6. The molecule has 1 aromatic heterocycles. The summed E-state index contributed by atoms with van der Waals surface area (Å²) in [4.78, 5) is 20.8. The Morgan fingerprint density at radius 2 is 1.91 bits per heavy atom. The quantitative estimate of drug-likeness (QED) is 0.281. The van der Waals surface area contributed by atoms with Gasteiger partial charge in [-0.25, -0.2) is 4.98 Å². The summed E-state index contributed by atoms with van der Waals surface area (Å²) in [5.41, 5.74) is 8.58. The number of benzene rings is 2. The number of anilines is 1. The van der Waals surface area contributed by atoms with E-state index < -0.39 is 0 Å². The van der Waals surface area contributed by atoms with Gasteiger partial charge < -0.3 is 16.0 Å². The van der Waals surface area contributed by atoms with E-state index in [1.54, 1.807) is 11.3 Å². The molecule has 0 atom stereocenters. The summed E-state index contributed by atoms with van der Waals surface area (Å²) in [6, 6.07) is 15.9. The fourth-order valence-electron chi connectivity index (χ4n) is 3.55. The summed E-state index contributed by atoms with van der Waals surface area (Å²) in [7, 11) is 0. The Balaban J connectivity index is 1.90. The van der Waals surface area contributed by atoms with Crippen LogP contribution in [0.2, 0.25) is 10.0 Å².